The number of rotatable bonds is 3. The minimum absolute atomic E-state index is 0.491. The van der Waals surface area contributed by atoms with Crippen molar-refractivity contribution in [1.29, 1.82) is 0 Å². The molecule has 0 aliphatic heterocycles. The van der Waals surface area contributed by atoms with Gasteiger partial charge >= 0.3 is 0 Å². The van der Waals surface area contributed by atoms with Gasteiger partial charge in [0, 0.05) is 0 Å². The van der Waals surface area contributed by atoms with Gasteiger partial charge in [-0.15, -0.1) is 0 Å². The first-order valence-electron chi connectivity index (χ1n) is 17.3. The lowest BCUT2D eigenvalue weighted by Crippen LogP contribution is -2.26. The van der Waals surface area contributed by atoms with E-state index in [0.29, 0.717) is 0 Å². The number of fused-ring (bicyclic) bond motifs is 14. The molecule has 0 N–H and O–H groups in total. The smallest absolute Gasteiger partial charge is 0.0725 e. The third kappa shape index (κ3) is 3.36. The van der Waals surface area contributed by atoms with Gasteiger partial charge in [-0.2, -0.15) is 0 Å². The highest BCUT2D eigenvalue weighted by atomic mass is 14.5. The molecule has 2 spiro atoms. The van der Waals surface area contributed by atoms with Crippen LogP contribution in [-0.2, 0) is 10.8 Å². The Labute approximate surface area is 294 Å². The van der Waals surface area contributed by atoms with Gasteiger partial charge in [0.05, 0.1) is 10.8 Å². The molecule has 234 valence electrons. The van der Waals surface area contributed by atoms with Gasteiger partial charge in [-0.3, -0.25) is 0 Å². The maximum Gasteiger partial charge on any atom is 0.0725 e. The maximum atomic E-state index is 4.74. The Balaban J connectivity index is 1.18. The first kappa shape index (κ1) is 28.7. The quantitative estimate of drug-likeness (QED) is 0.170. The fourth-order valence-corrected chi connectivity index (χ4v) is 9.73. The van der Waals surface area contributed by atoms with E-state index in [4.69, 9.17) is 26.3 Å². The van der Waals surface area contributed by atoms with Crippen LogP contribution in [0.15, 0.2) is 206 Å². The Morgan fingerprint density at radius 1 is 0.340 bits per heavy atom. The van der Waals surface area contributed by atoms with Crippen molar-refractivity contribution in [2.45, 2.75) is 10.8 Å². The van der Waals surface area contributed by atoms with Crippen molar-refractivity contribution >= 4 is 11.1 Å². The third-order valence-electron chi connectivity index (χ3n) is 11.7. The van der Waals surface area contributed by atoms with E-state index in [0.717, 1.165) is 33.4 Å². The average Bonchev–Trinajstić information content (AvgIpc) is 3.80. The second-order valence-corrected chi connectivity index (χ2v) is 13.9. The van der Waals surface area contributed by atoms with E-state index < -0.39 is 10.8 Å². The molecular formula is C50H34. The number of hydrogen-bond acceptors (Lipinski definition) is 0. The summed E-state index contributed by atoms with van der Waals surface area (Å²) in [6.07, 6.45) is 4.52. The zero-order valence-electron chi connectivity index (χ0n) is 27.8. The normalized spacial score (nSPS) is 17.8. The molecule has 0 unspecified atom stereocenters. The van der Waals surface area contributed by atoms with E-state index in [1.165, 1.54) is 66.8 Å². The predicted molar refractivity (Wildman–Crippen MR) is 209 cm³/mol. The van der Waals surface area contributed by atoms with Crippen molar-refractivity contribution in [2.75, 3.05) is 0 Å². The lowest BCUT2D eigenvalue weighted by atomic mass is 9.69. The number of allylic oxidation sites excluding steroid dienone is 8. The van der Waals surface area contributed by atoms with Crippen LogP contribution in [0, 0.1) is 0 Å². The molecule has 0 saturated heterocycles. The van der Waals surface area contributed by atoms with Crippen molar-refractivity contribution in [1.82, 2.24) is 0 Å². The van der Waals surface area contributed by atoms with E-state index in [2.05, 4.69) is 158 Å². The Kier molecular flexibility index (Phi) is 5.83. The highest BCUT2D eigenvalue weighted by molar-refractivity contribution is 6.01. The van der Waals surface area contributed by atoms with Gasteiger partial charge in [0.1, 0.15) is 0 Å². The van der Waals surface area contributed by atoms with Crippen LogP contribution in [0.5, 0.6) is 0 Å². The van der Waals surface area contributed by atoms with Crippen molar-refractivity contribution in [3.63, 3.8) is 0 Å². The summed E-state index contributed by atoms with van der Waals surface area (Å²) in [5.74, 6) is 0. The molecule has 0 radical (unpaired) electrons. The van der Waals surface area contributed by atoms with E-state index >= 15 is 0 Å². The Hall–Kier alpha value is -6.24. The van der Waals surface area contributed by atoms with Crippen LogP contribution in [0.3, 0.4) is 0 Å². The summed E-state index contributed by atoms with van der Waals surface area (Å²) in [6.45, 7) is 18.9. The minimum atomic E-state index is -0.491. The van der Waals surface area contributed by atoms with Gasteiger partial charge in [0.15, 0.2) is 0 Å². The van der Waals surface area contributed by atoms with Crippen molar-refractivity contribution in [3.05, 3.63) is 251 Å². The summed E-state index contributed by atoms with van der Waals surface area (Å²) in [4.78, 5) is 0. The average molecular weight is 635 g/mol. The Morgan fingerprint density at radius 2 is 0.560 bits per heavy atom. The lowest BCUT2D eigenvalue weighted by Gasteiger charge is -2.32. The molecule has 0 heterocycles. The topological polar surface area (TPSA) is 0 Å². The molecule has 6 aromatic rings. The molecule has 10 rings (SSSR count). The maximum absolute atomic E-state index is 4.74. The zero-order chi connectivity index (χ0) is 33.8. The molecule has 0 bridgehead atoms. The molecule has 4 aliphatic carbocycles. The minimum Gasteiger partial charge on any atom is -0.0912 e. The van der Waals surface area contributed by atoms with Crippen LogP contribution in [-0.4, -0.2) is 0 Å². The van der Waals surface area contributed by atoms with Crippen molar-refractivity contribution in [3.8, 4) is 22.3 Å². The van der Waals surface area contributed by atoms with Gasteiger partial charge in [0.2, 0.25) is 0 Å². The summed E-state index contributed by atoms with van der Waals surface area (Å²) in [6, 6.07) is 52.9. The van der Waals surface area contributed by atoms with E-state index in [-0.39, 0.29) is 0 Å². The molecular weight excluding hydrogens is 601 g/mol. The summed E-state index contributed by atoms with van der Waals surface area (Å²) in [5.41, 5.74) is 20.2. The fraction of sp³-hybridized carbons (Fsp3) is 0.0400. The SMILES string of the molecule is C=C(/C=C1\C(=C)c2ccccc2C12c1ccccc1-c1ccccc12)C(=C)/C=C1\C(=C)c2ccccc2C12c1ccccc1-c1ccccc12. The Bertz CT molecular complexity index is 2340. The summed E-state index contributed by atoms with van der Waals surface area (Å²) < 4.78 is 0. The van der Waals surface area contributed by atoms with Gasteiger partial charge in [0.25, 0.3) is 0 Å². The first-order chi connectivity index (χ1) is 24.5. The third-order valence-corrected chi connectivity index (χ3v) is 11.7. The zero-order valence-corrected chi connectivity index (χ0v) is 27.8. The predicted octanol–water partition coefficient (Wildman–Crippen LogP) is 12.0. The van der Waals surface area contributed by atoms with Gasteiger partial charge < -0.3 is 0 Å². The molecule has 6 aromatic carbocycles. The van der Waals surface area contributed by atoms with Crippen LogP contribution in [0.1, 0.15) is 44.5 Å². The standard InChI is InChI=1S/C50H34/c1-31(29-47-33(3)35-17-5-11-23-41(35)49(47)43-25-13-7-19-37(43)38-20-8-14-26-44(38)49)32(2)30-48-34(4)36-18-6-12-24-42(36)50(48)45-27-15-9-21-39(45)40-22-10-16-28-46(40)50/h5-30H,1-4H2/b47-29+,48-30+. The molecule has 0 fully saturated rings. The van der Waals surface area contributed by atoms with Gasteiger partial charge in [-0.05, 0) is 112 Å². The Morgan fingerprint density at radius 3 is 0.840 bits per heavy atom. The van der Waals surface area contributed by atoms with Crippen LogP contribution < -0.4 is 0 Å². The van der Waals surface area contributed by atoms with E-state index in [9.17, 15) is 0 Å². The summed E-state index contributed by atoms with van der Waals surface area (Å²) in [5, 5.41) is 0. The fourth-order valence-electron chi connectivity index (χ4n) is 9.73. The summed E-state index contributed by atoms with van der Waals surface area (Å²) >= 11 is 0. The largest absolute Gasteiger partial charge is 0.0912 e. The van der Waals surface area contributed by atoms with Crippen molar-refractivity contribution in [2.24, 2.45) is 0 Å². The first-order valence-corrected chi connectivity index (χ1v) is 17.3. The van der Waals surface area contributed by atoms with Crippen LogP contribution in [0.25, 0.3) is 33.4 Å². The number of hydrogen-bond donors (Lipinski definition) is 0. The monoisotopic (exact) mass is 634 g/mol. The molecule has 0 heteroatoms. The second kappa shape index (κ2) is 10.1. The van der Waals surface area contributed by atoms with Crippen LogP contribution in [0.4, 0.5) is 0 Å². The summed E-state index contributed by atoms with van der Waals surface area (Å²) in [7, 11) is 0. The van der Waals surface area contributed by atoms with Crippen LogP contribution >= 0.6 is 0 Å². The van der Waals surface area contributed by atoms with Crippen LogP contribution in [0.2, 0.25) is 0 Å². The molecule has 50 heavy (non-hydrogen) atoms. The molecule has 0 atom stereocenters. The van der Waals surface area contributed by atoms with Gasteiger partial charge in [-0.25, -0.2) is 0 Å². The molecule has 4 aliphatic rings. The molecule has 0 nitrogen and oxygen atoms in total. The lowest BCUT2D eigenvalue weighted by molar-refractivity contribution is 0.792. The molecule has 0 amide bonds. The van der Waals surface area contributed by atoms with E-state index in [1.807, 2.05) is 0 Å². The van der Waals surface area contributed by atoms with Crippen molar-refractivity contribution < 1.29 is 0 Å². The van der Waals surface area contributed by atoms with E-state index in [1.54, 1.807) is 0 Å². The highest BCUT2D eigenvalue weighted by Crippen LogP contribution is 2.65. The molecule has 0 saturated carbocycles. The molecule has 0 aromatic heterocycles. The second-order valence-electron chi connectivity index (χ2n) is 13.9. The highest BCUT2D eigenvalue weighted by Gasteiger charge is 2.54. The number of benzene rings is 6. The van der Waals surface area contributed by atoms with Gasteiger partial charge in [-0.1, -0.05) is 172 Å².